The normalized spacial score (nSPS) is 20.3. The van der Waals surface area contributed by atoms with Crippen LogP contribution in [0, 0.1) is 11.3 Å². The minimum Gasteiger partial charge on any atom is -0.463 e. The molecule has 0 amide bonds. The zero-order valence-electron chi connectivity index (χ0n) is 12.4. The van der Waals surface area contributed by atoms with Crippen LogP contribution in [-0.4, -0.2) is 52.6 Å². The van der Waals surface area contributed by atoms with Crippen LogP contribution in [0.4, 0.5) is 0 Å². The first-order valence-corrected chi connectivity index (χ1v) is 7.03. The molecule has 1 rings (SSSR count). The van der Waals surface area contributed by atoms with Crippen molar-refractivity contribution in [3.63, 3.8) is 0 Å². The van der Waals surface area contributed by atoms with Crippen molar-refractivity contribution in [3.8, 4) is 0 Å². The Morgan fingerprint density at radius 3 is 2.63 bits per heavy atom. The highest BCUT2D eigenvalue weighted by molar-refractivity contribution is 5.76. The molecular formula is C14H27NO4. The van der Waals surface area contributed by atoms with Crippen molar-refractivity contribution in [2.24, 2.45) is 11.3 Å². The molecule has 1 aliphatic heterocycles. The van der Waals surface area contributed by atoms with Gasteiger partial charge in [-0.05, 0) is 45.7 Å². The lowest BCUT2D eigenvalue weighted by atomic mass is 9.75. The van der Waals surface area contributed by atoms with Gasteiger partial charge in [0.1, 0.15) is 6.61 Å². The summed E-state index contributed by atoms with van der Waals surface area (Å²) in [6.07, 6.45) is 2.21. The van der Waals surface area contributed by atoms with Crippen molar-refractivity contribution in [1.82, 2.24) is 5.32 Å². The van der Waals surface area contributed by atoms with Gasteiger partial charge in [-0.2, -0.15) is 0 Å². The first-order valence-electron chi connectivity index (χ1n) is 7.03. The Bertz CT molecular complexity index is 262. The molecule has 1 unspecified atom stereocenters. The molecule has 1 saturated heterocycles. The predicted octanol–water partition coefficient (Wildman–Crippen LogP) is 1.22. The summed E-state index contributed by atoms with van der Waals surface area (Å²) < 4.78 is 15.4. The van der Waals surface area contributed by atoms with Crippen molar-refractivity contribution >= 4 is 5.97 Å². The minimum absolute atomic E-state index is 0.128. The van der Waals surface area contributed by atoms with E-state index in [4.69, 9.17) is 14.2 Å². The van der Waals surface area contributed by atoms with E-state index in [2.05, 4.69) is 5.32 Å². The number of hydrogen-bond acceptors (Lipinski definition) is 5. The second-order valence-corrected chi connectivity index (χ2v) is 5.51. The number of piperidine rings is 1. The molecule has 0 spiro atoms. The summed E-state index contributed by atoms with van der Waals surface area (Å²) in [6, 6.07) is 0. The molecular weight excluding hydrogens is 246 g/mol. The van der Waals surface area contributed by atoms with Crippen molar-refractivity contribution in [1.29, 1.82) is 0 Å². The fourth-order valence-electron chi connectivity index (χ4n) is 2.26. The Balaban J connectivity index is 2.22. The van der Waals surface area contributed by atoms with Crippen LogP contribution in [0.15, 0.2) is 0 Å². The number of hydrogen-bond donors (Lipinski definition) is 1. The van der Waals surface area contributed by atoms with Crippen LogP contribution in [-0.2, 0) is 19.0 Å². The summed E-state index contributed by atoms with van der Waals surface area (Å²) >= 11 is 0. The number of methoxy groups -OCH3 is 1. The van der Waals surface area contributed by atoms with Gasteiger partial charge < -0.3 is 19.5 Å². The van der Waals surface area contributed by atoms with Gasteiger partial charge in [-0.25, -0.2) is 0 Å². The number of esters is 1. The zero-order valence-corrected chi connectivity index (χ0v) is 12.4. The van der Waals surface area contributed by atoms with Gasteiger partial charge >= 0.3 is 5.97 Å². The smallest absolute Gasteiger partial charge is 0.311 e. The molecule has 0 aromatic carbocycles. The average Bonchev–Trinajstić information content (AvgIpc) is 2.43. The summed E-state index contributed by atoms with van der Waals surface area (Å²) in [4.78, 5) is 12.1. The minimum atomic E-state index is -0.431. The molecule has 1 heterocycles. The van der Waals surface area contributed by atoms with E-state index in [1.807, 2.05) is 13.8 Å². The summed E-state index contributed by atoms with van der Waals surface area (Å²) in [7, 11) is 1.63. The van der Waals surface area contributed by atoms with Gasteiger partial charge in [0.25, 0.3) is 0 Å². The first-order chi connectivity index (χ1) is 9.09. The molecule has 1 fully saturated rings. The summed E-state index contributed by atoms with van der Waals surface area (Å²) in [5, 5.41) is 3.34. The highest BCUT2D eigenvalue weighted by Crippen LogP contribution is 2.32. The van der Waals surface area contributed by atoms with Crippen LogP contribution in [0.25, 0.3) is 0 Å². The molecule has 19 heavy (non-hydrogen) atoms. The maximum Gasteiger partial charge on any atom is 0.311 e. The van der Waals surface area contributed by atoms with Gasteiger partial charge in [-0.1, -0.05) is 0 Å². The average molecular weight is 273 g/mol. The van der Waals surface area contributed by atoms with E-state index in [0.29, 0.717) is 32.3 Å². The molecule has 112 valence electrons. The van der Waals surface area contributed by atoms with Gasteiger partial charge in [-0.15, -0.1) is 0 Å². The van der Waals surface area contributed by atoms with Crippen molar-refractivity contribution in [2.75, 3.05) is 46.6 Å². The Morgan fingerprint density at radius 2 is 2.00 bits per heavy atom. The van der Waals surface area contributed by atoms with Gasteiger partial charge in [0.05, 0.1) is 25.2 Å². The fraction of sp³-hybridized carbons (Fsp3) is 0.929. The topological polar surface area (TPSA) is 56.8 Å². The second kappa shape index (κ2) is 8.51. The molecule has 5 heteroatoms. The Labute approximate surface area is 116 Å². The van der Waals surface area contributed by atoms with Gasteiger partial charge in [0, 0.05) is 7.11 Å². The number of carbonyl (C=O) groups excluding carboxylic acids is 1. The molecule has 0 radical (unpaired) electrons. The Kier molecular flexibility index (Phi) is 7.34. The molecule has 0 aromatic rings. The van der Waals surface area contributed by atoms with Crippen LogP contribution >= 0.6 is 0 Å². The molecule has 0 saturated carbocycles. The molecule has 0 bridgehead atoms. The third-order valence-electron chi connectivity index (χ3n) is 3.74. The lowest BCUT2D eigenvalue weighted by Crippen LogP contribution is -2.43. The van der Waals surface area contributed by atoms with Crippen molar-refractivity contribution in [2.45, 2.75) is 26.7 Å². The van der Waals surface area contributed by atoms with Crippen LogP contribution in [0.5, 0.6) is 0 Å². The monoisotopic (exact) mass is 273 g/mol. The van der Waals surface area contributed by atoms with E-state index in [-0.39, 0.29) is 5.97 Å². The number of nitrogens with one attached hydrogen (secondary N) is 1. The van der Waals surface area contributed by atoms with E-state index in [9.17, 15) is 4.79 Å². The van der Waals surface area contributed by atoms with Crippen LogP contribution in [0.1, 0.15) is 26.7 Å². The molecule has 0 aliphatic carbocycles. The summed E-state index contributed by atoms with van der Waals surface area (Å²) in [5.74, 6) is 0.222. The molecule has 0 aromatic heterocycles. The van der Waals surface area contributed by atoms with E-state index in [1.165, 1.54) is 0 Å². The predicted molar refractivity (Wildman–Crippen MR) is 73.0 cm³/mol. The highest BCUT2D eigenvalue weighted by Gasteiger charge is 2.38. The third-order valence-corrected chi connectivity index (χ3v) is 3.74. The summed E-state index contributed by atoms with van der Waals surface area (Å²) in [6.45, 7) is 7.72. The van der Waals surface area contributed by atoms with Gasteiger partial charge in [-0.3, -0.25) is 4.79 Å². The van der Waals surface area contributed by atoms with E-state index < -0.39 is 5.41 Å². The fourth-order valence-corrected chi connectivity index (χ4v) is 2.26. The third kappa shape index (κ3) is 5.47. The molecule has 5 nitrogen and oxygen atoms in total. The summed E-state index contributed by atoms with van der Waals surface area (Å²) in [5.41, 5.74) is -0.431. The van der Waals surface area contributed by atoms with Crippen LogP contribution < -0.4 is 5.32 Å². The van der Waals surface area contributed by atoms with Gasteiger partial charge in [0.15, 0.2) is 0 Å². The number of carbonyl (C=O) groups is 1. The van der Waals surface area contributed by atoms with E-state index in [1.54, 1.807) is 7.11 Å². The maximum atomic E-state index is 12.1. The lowest BCUT2D eigenvalue weighted by molar-refractivity contribution is -0.159. The highest BCUT2D eigenvalue weighted by atomic mass is 16.6. The number of ether oxygens (including phenoxy) is 3. The maximum absolute atomic E-state index is 12.1. The largest absolute Gasteiger partial charge is 0.463 e. The van der Waals surface area contributed by atoms with Crippen molar-refractivity contribution < 1.29 is 19.0 Å². The molecule has 1 N–H and O–H groups in total. The van der Waals surface area contributed by atoms with Crippen molar-refractivity contribution in [3.05, 3.63) is 0 Å². The van der Waals surface area contributed by atoms with E-state index >= 15 is 0 Å². The molecule has 1 atom stereocenters. The molecule has 1 aliphatic rings. The lowest BCUT2D eigenvalue weighted by Gasteiger charge is -2.35. The van der Waals surface area contributed by atoms with Gasteiger partial charge in [0.2, 0.25) is 0 Å². The zero-order chi connectivity index (χ0) is 14.1. The van der Waals surface area contributed by atoms with E-state index in [0.717, 1.165) is 25.9 Å². The Morgan fingerprint density at radius 1 is 1.26 bits per heavy atom. The Hall–Kier alpha value is -0.650. The quantitative estimate of drug-likeness (QED) is 0.532. The standard InChI is InChI=1S/C14H27NO4/c1-14(2,12-5-4-6-15-11-12)13(16)19-10-9-18-8-7-17-3/h12,15H,4-11H2,1-3H3. The van der Waals surface area contributed by atoms with Crippen LogP contribution in [0.3, 0.4) is 0 Å². The second-order valence-electron chi connectivity index (χ2n) is 5.51. The van der Waals surface area contributed by atoms with Crippen LogP contribution in [0.2, 0.25) is 0 Å². The SMILES string of the molecule is COCCOCCOC(=O)C(C)(C)C1CCCNC1. The number of rotatable bonds is 8. The first kappa shape index (κ1) is 16.4.